The Morgan fingerprint density at radius 3 is 2.50 bits per heavy atom. The van der Waals surface area contributed by atoms with Crippen molar-refractivity contribution in [1.29, 1.82) is 0 Å². The normalized spacial score (nSPS) is 10.4. The molecule has 6 heteroatoms. The molecule has 18 heavy (non-hydrogen) atoms. The van der Waals surface area contributed by atoms with E-state index in [1.807, 2.05) is 0 Å². The maximum Gasteiger partial charge on any atom is 0.153 e. The van der Waals surface area contributed by atoms with E-state index in [-0.39, 0.29) is 5.15 Å². The standard InChI is InChI=1S/C12H10ClF2N3/c13-12-6-11(7-17-18-12)16-2-1-8-3-9(14)5-10(15)4-8/h3-7H,1-2H2,(H,16,18). The van der Waals surface area contributed by atoms with E-state index in [4.69, 9.17) is 11.6 Å². The molecule has 1 heterocycles. The zero-order valence-electron chi connectivity index (χ0n) is 9.33. The van der Waals surface area contributed by atoms with Crippen LogP contribution in [0.4, 0.5) is 14.5 Å². The summed E-state index contributed by atoms with van der Waals surface area (Å²) in [6.07, 6.45) is 2.02. The van der Waals surface area contributed by atoms with Crippen molar-refractivity contribution in [3.8, 4) is 0 Å². The molecule has 0 radical (unpaired) electrons. The van der Waals surface area contributed by atoms with Gasteiger partial charge in [0.05, 0.1) is 11.9 Å². The van der Waals surface area contributed by atoms with Gasteiger partial charge in [0.15, 0.2) is 5.15 Å². The number of hydrogen-bond donors (Lipinski definition) is 1. The number of nitrogens with zero attached hydrogens (tertiary/aromatic N) is 2. The largest absolute Gasteiger partial charge is 0.383 e. The summed E-state index contributed by atoms with van der Waals surface area (Å²) >= 11 is 5.67. The van der Waals surface area contributed by atoms with Gasteiger partial charge in [-0.2, -0.15) is 5.10 Å². The van der Waals surface area contributed by atoms with E-state index in [2.05, 4.69) is 15.5 Å². The molecule has 0 amide bonds. The Morgan fingerprint density at radius 1 is 1.11 bits per heavy atom. The molecule has 0 saturated heterocycles. The topological polar surface area (TPSA) is 37.8 Å². The van der Waals surface area contributed by atoms with Gasteiger partial charge in [0, 0.05) is 18.7 Å². The SMILES string of the molecule is Fc1cc(F)cc(CCNc2cnnc(Cl)c2)c1. The number of halogens is 3. The molecule has 94 valence electrons. The third-order valence-corrected chi connectivity index (χ3v) is 2.47. The van der Waals surface area contributed by atoms with Gasteiger partial charge in [-0.1, -0.05) is 11.6 Å². The summed E-state index contributed by atoms with van der Waals surface area (Å²) in [6.45, 7) is 0.519. The summed E-state index contributed by atoms with van der Waals surface area (Å²) in [7, 11) is 0. The first kappa shape index (κ1) is 12.7. The Morgan fingerprint density at radius 2 is 1.83 bits per heavy atom. The minimum absolute atomic E-state index is 0.289. The van der Waals surface area contributed by atoms with Crippen LogP contribution in [0.2, 0.25) is 5.15 Å². The number of benzene rings is 1. The molecular formula is C12H10ClF2N3. The van der Waals surface area contributed by atoms with Crippen LogP contribution >= 0.6 is 11.6 Å². The molecule has 2 rings (SSSR count). The van der Waals surface area contributed by atoms with E-state index in [0.717, 1.165) is 6.07 Å². The molecule has 1 aromatic heterocycles. The van der Waals surface area contributed by atoms with Crippen LogP contribution in [-0.2, 0) is 6.42 Å². The Labute approximate surface area is 108 Å². The summed E-state index contributed by atoms with van der Waals surface area (Å²) in [5, 5.41) is 10.6. The minimum Gasteiger partial charge on any atom is -0.383 e. The van der Waals surface area contributed by atoms with Gasteiger partial charge in [-0.25, -0.2) is 8.78 Å². The molecule has 0 aliphatic carbocycles. The van der Waals surface area contributed by atoms with Gasteiger partial charge >= 0.3 is 0 Å². The van der Waals surface area contributed by atoms with Gasteiger partial charge < -0.3 is 5.32 Å². The van der Waals surface area contributed by atoms with Crippen LogP contribution in [0.25, 0.3) is 0 Å². The van der Waals surface area contributed by atoms with Crippen molar-refractivity contribution in [3.05, 3.63) is 52.8 Å². The second-order valence-corrected chi connectivity index (χ2v) is 4.11. The lowest BCUT2D eigenvalue weighted by Gasteiger charge is -2.06. The number of nitrogens with one attached hydrogen (secondary N) is 1. The first-order chi connectivity index (χ1) is 8.63. The van der Waals surface area contributed by atoms with Gasteiger partial charge in [0.25, 0.3) is 0 Å². The van der Waals surface area contributed by atoms with Crippen molar-refractivity contribution < 1.29 is 8.78 Å². The molecular weight excluding hydrogens is 260 g/mol. The molecule has 1 aromatic carbocycles. The molecule has 0 saturated carbocycles. The van der Waals surface area contributed by atoms with Crippen molar-refractivity contribution in [2.75, 3.05) is 11.9 Å². The highest BCUT2D eigenvalue weighted by atomic mass is 35.5. The van der Waals surface area contributed by atoms with E-state index >= 15 is 0 Å². The maximum atomic E-state index is 12.9. The molecule has 0 bridgehead atoms. The molecule has 0 unspecified atom stereocenters. The predicted octanol–water partition coefficient (Wildman–Crippen LogP) is 3.06. The number of rotatable bonds is 4. The van der Waals surface area contributed by atoms with Crippen molar-refractivity contribution in [2.45, 2.75) is 6.42 Å². The quantitative estimate of drug-likeness (QED) is 0.927. The summed E-state index contributed by atoms with van der Waals surface area (Å²) in [5.74, 6) is -1.14. The second kappa shape index (κ2) is 5.73. The zero-order chi connectivity index (χ0) is 13.0. The highest BCUT2D eigenvalue weighted by Gasteiger charge is 2.01. The van der Waals surface area contributed by atoms with Crippen LogP contribution in [-0.4, -0.2) is 16.7 Å². The Balaban J connectivity index is 1.92. The summed E-state index contributed by atoms with van der Waals surface area (Å²) in [4.78, 5) is 0. The van der Waals surface area contributed by atoms with Crippen molar-refractivity contribution in [1.82, 2.24) is 10.2 Å². The van der Waals surface area contributed by atoms with Crippen LogP contribution < -0.4 is 5.32 Å². The molecule has 0 spiro atoms. The number of aromatic nitrogens is 2. The maximum absolute atomic E-state index is 12.9. The summed E-state index contributed by atoms with van der Waals surface area (Å²) in [5.41, 5.74) is 1.31. The second-order valence-electron chi connectivity index (χ2n) is 3.72. The third-order valence-electron chi connectivity index (χ3n) is 2.29. The molecule has 0 aliphatic heterocycles. The van der Waals surface area contributed by atoms with Crippen molar-refractivity contribution >= 4 is 17.3 Å². The van der Waals surface area contributed by atoms with Crippen LogP contribution in [0.1, 0.15) is 5.56 Å². The van der Waals surface area contributed by atoms with Crippen molar-refractivity contribution in [3.63, 3.8) is 0 Å². The molecule has 0 aliphatic rings. The van der Waals surface area contributed by atoms with E-state index in [1.165, 1.54) is 18.3 Å². The van der Waals surface area contributed by atoms with Gasteiger partial charge in [-0.3, -0.25) is 0 Å². The average Bonchev–Trinajstić information content (AvgIpc) is 2.27. The molecule has 0 atom stereocenters. The van der Waals surface area contributed by atoms with Gasteiger partial charge in [0.2, 0.25) is 0 Å². The third kappa shape index (κ3) is 3.63. The number of hydrogen-bond acceptors (Lipinski definition) is 3. The first-order valence-electron chi connectivity index (χ1n) is 5.30. The zero-order valence-corrected chi connectivity index (χ0v) is 10.1. The van der Waals surface area contributed by atoms with Crippen LogP contribution in [0, 0.1) is 11.6 Å². The lowest BCUT2D eigenvalue weighted by atomic mass is 10.1. The summed E-state index contributed by atoms with van der Waals surface area (Å²) in [6, 6.07) is 5.09. The highest BCUT2D eigenvalue weighted by Crippen LogP contribution is 2.11. The fourth-order valence-corrected chi connectivity index (χ4v) is 1.71. The average molecular weight is 270 g/mol. The van der Waals surface area contributed by atoms with E-state index in [1.54, 1.807) is 6.07 Å². The Bertz CT molecular complexity index is 528. The lowest BCUT2D eigenvalue weighted by molar-refractivity contribution is 0.580. The molecule has 2 aromatic rings. The van der Waals surface area contributed by atoms with Gasteiger partial charge in [0.1, 0.15) is 11.6 Å². The van der Waals surface area contributed by atoms with Crippen LogP contribution in [0.5, 0.6) is 0 Å². The predicted molar refractivity (Wildman–Crippen MR) is 65.6 cm³/mol. The lowest BCUT2D eigenvalue weighted by Crippen LogP contribution is -2.06. The molecule has 1 N–H and O–H groups in total. The fraction of sp³-hybridized carbons (Fsp3) is 0.167. The minimum atomic E-state index is -0.571. The molecule has 3 nitrogen and oxygen atoms in total. The van der Waals surface area contributed by atoms with Gasteiger partial charge in [-0.15, -0.1) is 5.10 Å². The monoisotopic (exact) mass is 269 g/mol. The molecule has 0 fully saturated rings. The Kier molecular flexibility index (Phi) is 4.04. The summed E-state index contributed by atoms with van der Waals surface area (Å²) < 4.78 is 25.9. The van der Waals surface area contributed by atoms with Crippen molar-refractivity contribution in [2.24, 2.45) is 0 Å². The van der Waals surface area contributed by atoms with E-state index in [0.29, 0.717) is 24.2 Å². The van der Waals surface area contributed by atoms with Crippen LogP contribution in [0.3, 0.4) is 0 Å². The highest BCUT2D eigenvalue weighted by molar-refractivity contribution is 6.29. The first-order valence-corrected chi connectivity index (χ1v) is 5.68. The van der Waals surface area contributed by atoms with Crippen LogP contribution in [0.15, 0.2) is 30.5 Å². The van der Waals surface area contributed by atoms with E-state index in [9.17, 15) is 8.78 Å². The van der Waals surface area contributed by atoms with E-state index < -0.39 is 11.6 Å². The smallest absolute Gasteiger partial charge is 0.153 e. The van der Waals surface area contributed by atoms with Gasteiger partial charge in [-0.05, 0) is 24.1 Å². The Hall–Kier alpha value is -1.75. The fourth-order valence-electron chi connectivity index (χ4n) is 1.54. The number of anilines is 1.